The number of nitrogens with one attached hydrogen (secondary N) is 1. The summed E-state index contributed by atoms with van der Waals surface area (Å²) < 4.78 is 19.1. The van der Waals surface area contributed by atoms with E-state index in [9.17, 15) is 14.3 Å². The van der Waals surface area contributed by atoms with Crippen LogP contribution in [0.15, 0.2) is 22.8 Å². The zero-order chi connectivity index (χ0) is 15.1. The number of ether oxygens (including phenoxy) is 1. The highest BCUT2D eigenvalue weighted by atomic mass is 35.5. The second-order valence-corrected chi connectivity index (χ2v) is 3.95. The van der Waals surface area contributed by atoms with E-state index >= 15 is 0 Å². The molecule has 0 fully saturated rings. The number of benzene rings is 1. The number of nitrogens with zero attached hydrogens (tertiary/aromatic N) is 2. The SMILES string of the molecule is CCOc1ccc(C=C(CN=[N+]=N)C(=O)[O-])c(F)c1Cl. The summed E-state index contributed by atoms with van der Waals surface area (Å²) in [5, 5.41) is 13.8. The second-order valence-electron chi connectivity index (χ2n) is 3.57. The predicted octanol–water partition coefficient (Wildman–Crippen LogP) is 1.56. The van der Waals surface area contributed by atoms with Crippen LogP contribution in [0.1, 0.15) is 12.5 Å². The first kappa shape index (κ1) is 15.8. The molecule has 0 amide bonds. The number of aliphatic carboxylic acids is 1. The summed E-state index contributed by atoms with van der Waals surface area (Å²) in [4.78, 5) is 13.5. The molecule has 0 aromatic heterocycles. The van der Waals surface area contributed by atoms with E-state index in [-0.39, 0.29) is 21.9 Å². The van der Waals surface area contributed by atoms with Crippen molar-refractivity contribution in [3.63, 3.8) is 0 Å². The molecule has 0 unspecified atom stereocenters. The van der Waals surface area contributed by atoms with Gasteiger partial charge in [-0.25, -0.2) is 4.39 Å². The third-order valence-electron chi connectivity index (χ3n) is 2.28. The van der Waals surface area contributed by atoms with Gasteiger partial charge in [-0.05, 0) is 25.1 Å². The molecular formula is C12H11ClFN3O3. The number of rotatable bonds is 6. The highest BCUT2D eigenvalue weighted by molar-refractivity contribution is 6.32. The second kappa shape index (κ2) is 7.37. The molecule has 0 atom stereocenters. The smallest absolute Gasteiger partial charge is 0.214 e. The number of carboxylic acids is 1. The number of hydrogen-bond donors (Lipinski definition) is 1. The largest absolute Gasteiger partial charge is 0.545 e. The van der Waals surface area contributed by atoms with Gasteiger partial charge in [-0.15, -0.1) is 0 Å². The molecule has 0 saturated carbocycles. The molecule has 6 nitrogen and oxygen atoms in total. The lowest BCUT2D eigenvalue weighted by Gasteiger charge is -2.09. The Hall–Kier alpha value is -2.24. The van der Waals surface area contributed by atoms with Crippen LogP contribution in [0.2, 0.25) is 5.02 Å². The third-order valence-corrected chi connectivity index (χ3v) is 2.63. The molecule has 0 radical (unpaired) electrons. The highest BCUT2D eigenvalue weighted by Crippen LogP contribution is 2.30. The Bertz CT molecular complexity index is 598. The summed E-state index contributed by atoms with van der Waals surface area (Å²) in [6, 6.07) is 2.76. The Morgan fingerprint density at radius 1 is 1.65 bits per heavy atom. The molecule has 0 aliphatic heterocycles. The van der Waals surface area contributed by atoms with Crippen molar-refractivity contribution in [2.45, 2.75) is 6.92 Å². The van der Waals surface area contributed by atoms with Crippen molar-refractivity contribution >= 4 is 23.6 Å². The van der Waals surface area contributed by atoms with Crippen molar-refractivity contribution in [2.24, 2.45) is 5.11 Å². The lowest BCUT2D eigenvalue weighted by molar-refractivity contribution is -0.299. The molecule has 1 rings (SSSR count). The Kier molecular flexibility index (Phi) is 5.83. The molecule has 0 aliphatic carbocycles. The summed E-state index contributed by atoms with van der Waals surface area (Å²) in [6.45, 7) is 1.65. The topological polar surface area (TPSA) is 99.7 Å². The fourth-order valence-electron chi connectivity index (χ4n) is 1.39. The summed E-state index contributed by atoms with van der Waals surface area (Å²) in [5.41, 5.74) is 6.11. The van der Waals surface area contributed by atoms with Gasteiger partial charge >= 0.3 is 0 Å². The van der Waals surface area contributed by atoms with E-state index < -0.39 is 18.3 Å². The van der Waals surface area contributed by atoms with E-state index in [0.29, 0.717) is 6.61 Å². The average molecular weight is 300 g/mol. The van der Waals surface area contributed by atoms with E-state index in [1.54, 1.807) is 6.92 Å². The van der Waals surface area contributed by atoms with Gasteiger partial charge in [-0.2, -0.15) is 0 Å². The Morgan fingerprint density at radius 3 is 2.90 bits per heavy atom. The summed E-state index contributed by atoms with van der Waals surface area (Å²) >= 11 is 5.78. The van der Waals surface area contributed by atoms with Crippen molar-refractivity contribution in [1.29, 1.82) is 5.53 Å². The van der Waals surface area contributed by atoms with E-state index in [4.69, 9.17) is 21.9 Å². The fourth-order valence-corrected chi connectivity index (χ4v) is 1.62. The monoisotopic (exact) mass is 299 g/mol. The normalized spacial score (nSPS) is 10.8. The van der Waals surface area contributed by atoms with Gasteiger partial charge in [0, 0.05) is 11.1 Å². The van der Waals surface area contributed by atoms with Crippen molar-refractivity contribution in [3.05, 3.63) is 34.1 Å². The lowest BCUT2D eigenvalue weighted by atomic mass is 10.1. The van der Waals surface area contributed by atoms with Crippen LogP contribution >= 0.6 is 11.6 Å². The molecule has 1 N–H and O–H groups in total. The van der Waals surface area contributed by atoms with E-state index in [1.807, 2.05) is 0 Å². The Morgan fingerprint density at radius 2 is 2.35 bits per heavy atom. The molecule has 0 spiro atoms. The molecule has 0 heterocycles. The molecule has 106 valence electrons. The number of carbonyl (C=O) groups excluding carboxylic acids is 1. The molecule has 0 bridgehead atoms. The van der Waals surface area contributed by atoms with Gasteiger partial charge in [0.25, 0.3) is 0 Å². The molecular weight excluding hydrogens is 289 g/mol. The van der Waals surface area contributed by atoms with Crippen molar-refractivity contribution < 1.29 is 19.0 Å². The van der Waals surface area contributed by atoms with Crippen LogP contribution in [-0.2, 0) is 4.79 Å². The van der Waals surface area contributed by atoms with Crippen LogP contribution in [0.3, 0.4) is 0 Å². The van der Waals surface area contributed by atoms with Gasteiger partial charge in [-0.3, -0.25) is 0 Å². The lowest BCUT2D eigenvalue weighted by Crippen LogP contribution is -2.25. The molecule has 8 heteroatoms. The minimum absolute atomic E-state index is 0.0437. The zero-order valence-electron chi connectivity index (χ0n) is 10.5. The average Bonchev–Trinajstić information content (AvgIpc) is 2.42. The van der Waals surface area contributed by atoms with Gasteiger partial charge in [-0.1, -0.05) is 11.6 Å². The first-order valence-corrected chi connectivity index (χ1v) is 5.95. The zero-order valence-corrected chi connectivity index (χ0v) is 11.3. The minimum atomic E-state index is -1.53. The van der Waals surface area contributed by atoms with Crippen LogP contribution in [0.25, 0.3) is 6.08 Å². The van der Waals surface area contributed by atoms with E-state index in [0.717, 1.165) is 6.08 Å². The summed E-state index contributed by atoms with van der Waals surface area (Å²) in [6.07, 6.45) is 1.03. The number of hydrogen-bond acceptors (Lipinski definition) is 5. The molecule has 0 saturated heterocycles. The van der Waals surface area contributed by atoms with Crippen molar-refractivity contribution in [1.82, 2.24) is 4.91 Å². The third kappa shape index (κ3) is 3.88. The van der Waals surface area contributed by atoms with Crippen molar-refractivity contribution in [3.8, 4) is 5.75 Å². The number of halogens is 2. The van der Waals surface area contributed by atoms with Gasteiger partial charge in [0.15, 0.2) is 5.82 Å². The predicted molar refractivity (Wildman–Crippen MR) is 67.7 cm³/mol. The van der Waals surface area contributed by atoms with Gasteiger partial charge in [0.1, 0.15) is 28.0 Å². The molecule has 1 aromatic carbocycles. The van der Waals surface area contributed by atoms with Crippen LogP contribution in [0.4, 0.5) is 4.39 Å². The number of carboxylic acid groups (broad SMARTS) is 1. The number of carbonyl (C=O) groups is 1. The first-order chi connectivity index (χ1) is 9.51. The van der Waals surface area contributed by atoms with Crippen molar-refractivity contribution in [2.75, 3.05) is 13.2 Å². The summed E-state index contributed by atoms with van der Waals surface area (Å²) in [5.74, 6) is -2.16. The standard InChI is InChI=1S/C12H11ClFN3O3/c1-2-20-9-4-3-7(11(14)10(9)13)5-8(12(18)19)6-16-17-15/h3-5,15H,2,6H2,1H3. The Balaban J connectivity index is 3.21. The molecule has 0 aliphatic rings. The maximum Gasteiger partial charge on any atom is 0.214 e. The van der Waals surface area contributed by atoms with E-state index in [1.165, 1.54) is 12.1 Å². The molecule has 20 heavy (non-hydrogen) atoms. The van der Waals surface area contributed by atoms with Gasteiger partial charge < -0.3 is 14.6 Å². The van der Waals surface area contributed by atoms with E-state index in [2.05, 4.69) is 10.0 Å². The highest BCUT2D eigenvalue weighted by Gasteiger charge is 2.12. The quantitative estimate of drug-likeness (QED) is 0.490. The minimum Gasteiger partial charge on any atom is -0.545 e. The Labute approximate surface area is 119 Å². The van der Waals surface area contributed by atoms with Crippen LogP contribution < -0.4 is 14.8 Å². The summed E-state index contributed by atoms with van der Waals surface area (Å²) in [7, 11) is 0. The molecule has 1 aromatic rings. The fraction of sp³-hybridized carbons (Fsp3) is 0.250. The maximum absolute atomic E-state index is 14.0. The maximum atomic E-state index is 14.0. The first-order valence-electron chi connectivity index (χ1n) is 5.57. The van der Waals surface area contributed by atoms with Crippen LogP contribution in [0, 0.1) is 11.3 Å². The van der Waals surface area contributed by atoms with Crippen LogP contribution in [-0.4, -0.2) is 19.1 Å². The van der Waals surface area contributed by atoms with Gasteiger partial charge in [0.05, 0.1) is 12.6 Å². The van der Waals surface area contributed by atoms with Crippen LogP contribution in [0.5, 0.6) is 5.75 Å². The van der Waals surface area contributed by atoms with Gasteiger partial charge in [0.2, 0.25) is 4.91 Å².